The van der Waals surface area contributed by atoms with Crippen LogP contribution in [0.25, 0.3) is 0 Å². The van der Waals surface area contributed by atoms with Gasteiger partial charge in [0.15, 0.2) is 0 Å². The van der Waals surface area contributed by atoms with Crippen molar-refractivity contribution in [3.63, 3.8) is 0 Å². The number of nitrogens with two attached hydrogens (primary N) is 1. The van der Waals surface area contributed by atoms with E-state index in [0.717, 1.165) is 25.2 Å². The zero-order valence-electron chi connectivity index (χ0n) is 11.3. The minimum absolute atomic E-state index is 0.478. The molecule has 0 aromatic heterocycles. The van der Waals surface area contributed by atoms with Gasteiger partial charge in [-0.05, 0) is 25.5 Å². The maximum absolute atomic E-state index is 10.4. The Morgan fingerprint density at radius 1 is 1.26 bits per heavy atom. The van der Waals surface area contributed by atoms with Crippen molar-refractivity contribution in [2.75, 3.05) is 38.5 Å². The van der Waals surface area contributed by atoms with Gasteiger partial charge in [0, 0.05) is 43.5 Å². The average molecular weight is 261 g/mol. The molecule has 2 atom stereocenters. The maximum Gasteiger partial charge on any atom is 0.0936 e. The fourth-order valence-electron chi connectivity index (χ4n) is 3.38. The number of hydrogen-bond donors (Lipinski definition) is 2. The summed E-state index contributed by atoms with van der Waals surface area (Å²) in [5.41, 5.74) is 7.47. The van der Waals surface area contributed by atoms with Crippen LogP contribution in [0.3, 0.4) is 0 Å². The second kappa shape index (κ2) is 5.49. The topological polar surface area (TPSA) is 52.7 Å². The molecule has 2 saturated heterocycles. The van der Waals surface area contributed by atoms with Crippen LogP contribution in [0.15, 0.2) is 24.3 Å². The van der Waals surface area contributed by atoms with Gasteiger partial charge in [-0.3, -0.25) is 9.80 Å². The summed E-state index contributed by atoms with van der Waals surface area (Å²) in [4.78, 5) is 4.96. The van der Waals surface area contributed by atoms with Gasteiger partial charge in [-0.1, -0.05) is 18.2 Å². The normalized spacial score (nSPS) is 26.3. The van der Waals surface area contributed by atoms with E-state index in [0.29, 0.717) is 18.3 Å². The zero-order valence-corrected chi connectivity index (χ0v) is 11.3. The van der Waals surface area contributed by atoms with Crippen molar-refractivity contribution in [2.24, 2.45) is 0 Å². The van der Waals surface area contributed by atoms with Gasteiger partial charge in [0.05, 0.1) is 6.10 Å². The molecule has 0 saturated carbocycles. The van der Waals surface area contributed by atoms with E-state index >= 15 is 0 Å². The second-order valence-corrected chi connectivity index (χ2v) is 5.74. The fourth-order valence-corrected chi connectivity index (χ4v) is 3.38. The van der Waals surface area contributed by atoms with Crippen LogP contribution in [-0.4, -0.2) is 53.7 Å². The molecule has 104 valence electrons. The highest BCUT2D eigenvalue weighted by molar-refractivity contribution is 5.47. The first-order valence-corrected chi connectivity index (χ1v) is 7.23. The van der Waals surface area contributed by atoms with Gasteiger partial charge in [-0.25, -0.2) is 0 Å². The van der Waals surface area contributed by atoms with Crippen LogP contribution in [0.4, 0.5) is 5.69 Å². The number of piperazine rings is 1. The van der Waals surface area contributed by atoms with Crippen LogP contribution in [0.1, 0.15) is 24.5 Å². The lowest BCUT2D eigenvalue weighted by atomic mass is 10.1. The summed E-state index contributed by atoms with van der Waals surface area (Å²) in [5.74, 6) is 0. The maximum atomic E-state index is 10.4. The molecule has 2 heterocycles. The Balaban J connectivity index is 1.61. The smallest absolute Gasteiger partial charge is 0.0936 e. The molecular formula is C15H23N3O. The summed E-state index contributed by atoms with van der Waals surface area (Å²) in [6.45, 7) is 5.23. The molecule has 0 radical (unpaired) electrons. The third kappa shape index (κ3) is 2.76. The molecule has 0 amide bonds. The van der Waals surface area contributed by atoms with Gasteiger partial charge in [-0.2, -0.15) is 0 Å². The minimum atomic E-state index is -0.478. The van der Waals surface area contributed by atoms with E-state index < -0.39 is 6.10 Å². The van der Waals surface area contributed by atoms with E-state index in [1.807, 2.05) is 24.3 Å². The number of nitrogen functional groups attached to an aromatic ring is 1. The lowest BCUT2D eigenvalue weighted by Crippen LogP contribution is -2.50. The molecule has 0 spiro atoms. The third-order valence-electron chi connectivity index (χ3n) is 4.46. The van der Waals surface area contributed by atoms with Gasteiger partial charge < -0.3 is 10.8 Å². The number of rotatable bonds is 3. The predicted molar refractivity (Wildman–Crippen MR) is 76.8 cm³/mol. The van der Waals surface area contributed by atoms with E-state index in [1.54, 1.807) is 0 Å². The molecule has 0 aliphatic carbocycles. The predicted octanol–water partition coefficient (Wildman–Crippen LogP) is 1.08. The molecule has 3 rings (SSSR count). The minimum Gasteiger partial charge on any atom is -0.398 e. The summed E-state index contributed by atoms with van der Waals surface area (Å²) in [7, 11) is 0. The van der Waals surface area contributed by atoms with Crippen molar-refractivity contribution in [1.82, 2.24) is 9.80 Å². The van der Waals surface area contributed by atoms with Crippen LogP contribution >= 0.6 is 0 Å². The second-order valence-electron chi connectivity index (χ2n) is 5.74. The highest BCUT2D eigenvalue weighted by Gasteiger charge is 2.31. The van der Waals surface area contributed by atoms with Crippen molar-refractivity contribution < 1.29 is 5.11 Å². The summed E-state index contributed by atoms with van der Waals surface area (Å²) in [5, 5.41) is 10.4. The zero-order chi connectivity index (χ0) is 13.2. The Kier molecular flexibility index (Phi) is 3.73. The SMILES string of the molecule is Nc1ccccc1C(O)CN1CCN2CCCC2C1. The van der Waals surface area contributed by atoms with Crippen molar-refractivity contribution >= 4 is 5.69 Å². The lowest BCUT2D eigenvalue weighted by Gasteiger charge is -2.38. The van der Waals surface area contributed by atoms with E-state index in [1.165, 1.54) is 19.4 Å². The first-order chi connectivity index (χ1) is 9.24. The molecular weight excluding hydrogens is 238 g/mol. The number of hydrogen-bond acceptors (Lipinski definition) is 4. The van der Waals surface area contributed by atoms with E-state index in [4.69, 9.17) is 5.73 Å². The van der Waals surface area contributed by atoms with Crippen LogP contribution in [0, 0.1) is 0 Å². The standard InChI is InChI=1S/C15H23N3O/c16-14-6-2-1-5-13(14)15(19)11-17-8-9-18-7-3-4-12(18)10-17/h1-2,5-6,12,15,19H,3-4,7-11,16H2. The summed E-state index contributed by atoms with van der Waals surface area (Å²) in [6, 6.07) is 8.32. The van der Waals surface area contributed by atoms with E-state index in [2.05, 4.69) is 9.80 Å². The molecule has 4 nitrogen and oxygen atoms in total. The number of β-amino-alcohol motifs (C(OH)–C–C–N with tert-alkyl or cyclic N) is 1. The van der Waals surface area contributed by atoms with Gasteiger partial charge in [0.1, 0.15) is 0 Å². The monoisotopic (exact) mass is 261 g/mol. The molecule has 2 aliphatic rings. The van der Waals surface area contributed by atoms with E-state index in [-0.39, 0.29) is 0 Å². The first-order valence-electron chi connectivity index (χ1n) is 7.23. The Morgan fingerprint density at radius 2 is 2.11 bits per heavy atom. The Hall–Kier alpha value is -1.10. The third-order valence-corrected chi connectivity index (χ3v) is 4.46. The van der Waals surface area contributed by atoms with Crippen LogP contribution in [-0.2, 0) is 0 Å². The van der Waals surface area contributed by atoms with Crippen molar-refractivity contribution in [1.29, 1.82) is 0 Å². The van der Waals surface area contributed by atoms with Crippen LogP contribution in [0.2, 0.25) is 0 Å². The van der Waals surface area contributed by atoms with Gasteiger partial charge in [0.25, 0.3) is 0 Å². The van der Waals surface area contributed by atoms with Crippen LogP contribution < -0.4 is 5.73 Å². The van der Waals surface area contributed by atoms with Gasteiger partial charge >= 0.3 is 0 Å². The number of aliphatic hydroxyl groups is 1. The number of benzene rings is 1. The molecule has 1 aromatic rings. The Labute approximate surface area is 114 Å². The Bertz CT molecular complexity index is 437. The van der Waals surface area contributed by atoms with Crippen molar-refractivity contribution in [3.8, 4) is 0 Å². The highest BCUT2D eigenvalue weighted by atomic mass is 16.3. The summed E-state index contributed by atoms with van der Waals surface area (Å²) < 4.78 is 0. The molecule has 2 aliphatic heterocycles. The fraction of sp³-hybridized carbons (Fsp3) is 0.600. The number of nitrogens with zero attached hydrogens (tertiary/aromatic N) is 2. The number of fused-ring (bicyclic) bond motifs is 1. The quantitative estimate of drug-likeness (QED) is 0.800. The Morgan fingerprint density at radius 3 is 2.95 bits per heavy atom. The molecule has 2 fully saturated rings. The molecule has 0 bridgehead atoms. The molecule has 4 heteroatoms. The molecule has 19 heavy (non-hydrogen) atoms. The molecule has 1 aromatic carbocycles. The molecule has 2 unspecified atom stereocenters. The molecule has 3 N–H and O–H groups in total. The largest absolute Gasteiger partial charge is 0.398 e. The lowest BCUT2D eigenvalue weighted by molar-refractivity contribution is 0.0568. The first kappa shape index (κ1) is 12.9. The summed E-state index contributed by atoms with van der Waals surface area (Å²) >= 11 is 0. The number of anilines is 1. The number of aliphatic hydroxyl groups excluding tert-OH is 1. The van der Waals surface area contributed by atoms with Crippen molar-refractivity contribution in [3.05, 3.63) is 29.8 Å². The number of para-hydroxylation sites is 1. The van der Waals surface area contributed by atoms with Gasteiger partial charge in [-0.15, -0.1) is 0 Å². The summed E-state index contributed by atoms with van der Waals surface area (Å²) in [6.07, 6.45) is 2.15. The van der Waals surface area contributed by atoms with Crippen LogP contribution in [0.5, 0.6) is 0 Å². The highest BCUT2D eigenvalue weighted by Crippen LogP contribution is 2.25. The average Bonchev–Trinajstić information content (AvgIpc) is 2.86. The van der Waals surface area contributed by atoms with Gasteiger partial charge in [0.2, 0.25) is 0 Å². The van der Waals surface area contributed by atoms with Crippen molar-refractivity contribution in [2.45, 2.75) is 25.0 Å². The van der Waals surface area contributed by atoms with E-state index in [9.17, 15) is 5.11 Å².